The molecule has 0 bridgehead atoms. The molecule has 0 amide bonds. The number of nitrogens with zero attached hydrogens (tertiary/aromatic N) is 1. The van der Waals surface area contributed by atoms with Crippen LogP contribution in [0, 0.1) is 0 Å². The smallest absolute Gasteiger partial charge is 0.0748 e. The Labute approximate surface area is 115 Å². The maximum Gasteiger partial charge on any atom is 0.0748 e. The van der Waals surface area contributed by atoms with Crippen molar-refractivity contribution in [2.75, 3.05) is 6.61 Å². The molecular formula is C14H17BrN2O. The Balaban J connectivity index is 2.59. The largest absolute Gasteiger partial charge is 0.396 e. The van der Waals surface area contributed by atoms with Crippen molar-refractivity contribution >= 4 is 26.8 Å². The number of halogens is 1. The second-order valence-electron chi connectivity index (χ2n) is 4.51. The van der Waals surface area contributed by atoms with Gasteiger partial charge in [0.15, 0.2) is 0 Å². The third-order valence-corrected chi connectivity index (χ3v) is 3.91. The molecule has 2 unspecified atom stereocenters. The van der Waals surface area contributed by atoms with Crippen LogP contribution in [0.15, 0.2) is 34.9 Å². The van der Waals surface area contributed by atoms with E-state index < -0.39 is 0 Å². The summed E-state index contributed by atoms with van der Waals surface area (Å²) in [5, 5.41) is 10.3. The molecule has 3 N–H and O–H groups in total. The topological polar surface area (TPSA) is 59.1 Å². The predicted octanol–water partition coefficient (Wildman–Crippen LogP) is 2.81. The molecule has 3 nitrogen and oxygen atoms in total. The van der Waals surface area contributed by atoms with Crippen molar-refractivity contribution < 1.29 is 5.11 Å². The van der Waals surface area contributed by atoms with Crippen LogP contribution in [0.2, 0.25) is 0 Å². The molecule has 2 aromatic rings. The van der Waals surface area contributed by atoms with Gasteiger partial charge in [-0.1, -0.05) is 28.1 Å². The fraction of sp³-hybridized carbons (Fsp3) is 0.357. The second-order valence-corrected chi connectivity index (χ2v) is 5.37. The number of nitrogens with two attached hydrogens (primary N) is 1. The van der Waals surface area contributed by atoms with E-state index in [1.54, 1.807) is 6.20 Å². The first-order chi connectivity index (χ1) is 8.65. The maximum atomic E-state index is 9.19. The van der Waals surface area contributed by atoms with Gasteiger partial charge in [0, 0.05) is 34.6 Å². The van der Waals surface area contributed by atoms with E-state index in [-0.39, 0.29) is 18.6 Å². The average molecular weight is 309 g/mol. The molecule has 18 heavy (non-hydrogen) atoms. The zero-order valence-electron chi connectivity index (χ0n) is 10.3. The number of fused-ring (bicyclic) bond motifs is 1. The van der Waals surface area contributed by atoms with Crippen LogP contribution in [-0.2, 0) is 0 Å². The molecule has 2 rings (SSSR count). The first-order valence-corrected chi connectivity index (χ1v) is 6.84. The number of aliphatic hydroxyl groups excluding tert-OH is 1. The van der Waals surface area contributed by atoms with Crippen LogP contribution >= 0.6 is 15.9 Å². The van der Waals surface area contributed by atoms with Crippen molar-refractivity contribution in [3.05, 3.63) is 40.5 Å². The van der Waals surface area contributed by atoms with Gasteiger partial charge in [-0.15, -0.1) is 0 Å². The third-order valence-electron chi connectivity index (χ3n) is 3.22. The average Bonchev–Trinajstić information content (AvgIpc) is 2.37. The minimum Gasteiger partial charge on any atom is -0.396 e. The van der Waals surface area contributed by atoms with Gasteiger partial charge in [0.05, 0.1) is 5.52 Å². The Morgan fingerprint density at radius 3 is 2.83 bits per heavy atom. The molecule has 4 heteroatoms. The molecule has 2 atom stereocenters. The highest BCUT2D eigenvalue weighted by atomic mass is 79.9. The second kappa shape index (κ2) is 5.78. The lowest BCUT2D eigenvalue weighted by molar-refractivity contribution is 0.269. The molecule has 0 fully saturated rings. The quantitative estimate of drug-likeness (QED) is 0.913. The monoisotopic (exact) mass is 308 g/mol. The van der Waals surface area contributed by atoms with Crippen molar-refractivity contribution in [2.24, 2.45) is 5.73 Å². The zero-order chi connectivity index (χ0) is 13.1. The van der Waals surface area contributed by atoms with Crippen molar-refractivity contribution in [1.29, 1.82) is 0 Å². The van der Waals surface area contributed by atoms with E-state index in [9.17, 15) is 5.11 Å². The number of aromatic nitrogens is 1. The number of benzene rings is 1. The molecule has 1 aromatic heterocycles. The summed E-state index contributed by atoms with van der Waals surface area (Å²) < 4.78 is 1.03. The van der Waals surface area contributed by atoms with E-state index in [0.29, 0.717) is 6.42 Å². The minimum absolute atomic E-state index is 0.0106. The van der Waals surface area contributed by atoms with Gasteiger partial charge >= 0.3 is 0 Å². The molecule has 0 radical (unpaired) electrons. The molecule has 0 spiro atoms. The highest BCUT2D eigenvalue weighted by Crippen LogP contribution is 2.32. The highest BCUT2D eigenvalue weighted by Gasteiger charge is 2.19. The number of hydrogen-bond donors (Lipinski definition) is 2. The van der Waals surface area contributed by atoms with E-state index in [1.807, 2.05) is 31.2 Å². The van der Waals surface area contributed by atoms with Crippen molar-refractivity contribution in [3.63, 3.8) is 0 Å². The van der Waals surface area contributed by atoms with Crippen LogP contribution < -0.4 is 5.73 Å². The van der Waals surface area contributed by atoms with Gasteiger partial charge in [-0.25, -0.2) is 0 Å². The lowest BCUT2D eigenvalue weighted by Crippen LogP contribution is -2.26. The standard InChI is InChI=1S/C14H17BrN2O/c1-9(16)10(6-8-18)11-4-5-13(15)12-3-2-7-17-14(11)12/h2-5,7,9-10,18H,6,8,16H2,1H3. The number of rotatable bonds is 4. The summed E-state index contributed by atoms with van der Waals surface area (Å²) in [6, 6.07) is 8.01. The van der Waals surface area contributed by atoms with Gasteiger partial charge in [-0.2, -0.15) is 0 Å². The normalized spacial score (nSPS) is 14.7. The Kier molecular flexibility index (Phi) is 4.32. The number of pyridine rings is 1. The first-order valence-electron chi connectivity index (χ1n) is 6.04. The molecule has 96 valence electrons. The lowest BCUT2D eigenvalue weighted by Gasteiger charge is -2.21. The van der Waals surface area contributed by atoms with Crippen molar-refractivity contribution in [2.45, 2.75) is 25.3 Å². The Bertz CT molecular complexity index is 542. The van der Waals surface area contributed by atoms with Crippen molar-refractivity contribution in [1.82, 2.24) is 4.98 Å². The summed E-state index contributed by atoms with van der Waals surface area (Å²) in [6.07, 6.45) is 2.44. The fourth-order valence-corrected chi connectivity index (χ4v) is 2.75. The highest BCUT2D eigenvalue weighted by molar-refractivity contribution is 9.10. The van der Waals surface area contributed by atoms with Crippen LogP contribution in [0.4, 0.5) is 0 Å². The molecule has 0 aliphatic heterocycles. The Morgan fingerprint density at radius 2 is 2.17 bits per heavy atom. The van der Waals surface area contributed by atoms with Gasteiger partial charge in [-0.05, 0) is 31.0 Å². The van der Waals surface area contributed by atoms with E-state index in [2.05, 4.69) is 20.9 Å². The van der Waals surface area contributed by atoms with Gasteiger partial charge in [0.25, 0.3) is 0 Å². The van der Waals surface area contributed by atoms with Gasteiger partial charge < -0.3 is 10.8 Å². The van der Waals surface area contributed by atoms with Crippen LogP contribution in [0.25, 0.3) is 10.9 Å². The van der Waals surface area contributed by atoms with Crippen LogP contribution in [0.1, 0.15) is 24.8 Å². The summed E-state index contributed by atoms with van der Waals surface area (Å²) in [7, 11) is 0. The van der Waals surface area contributed by atoms with E-state index in [4.69, 9.17) is 5.73 Å². The van der Waals surface area contributed by atoms with Gasteiger partial charge in [0.1, 0.15) is 0 Å². The summed E-state index contributed by atoms with van der Waals surface area (Å²) in [5.41, 5.74) is 8.10. The summed E-state index contributed by atoms with van der Waals surface area (Å²) in [4.78, 5) is 4.46. The fourth-order valence-electron chi connectivity index (χ4n) is 2.30. The van der Waals surface area contributed by atoms with E-state index in [1.165, 1.54) is 0 Å². The summed E-state index contributed by atoms with van der Waals surface area (Å²) >= 11 is 3.54. The molecular weight excluding hydrogens is 292 g/mol. The molecule has 1 aromatic carbocycles. The Morgan fingerprint density at radius 1 is 1.39 bits per heavy atom. The molecule has 0 saturated carbocycles. The SMILES string of the molecule is CC(N)C(CCO)c1ccc(Br)c2cccnc12. The van der Waals surface area contributed by atoms with Crippen molar-refractivity contribution in [3.8, 4) is 0 Å². The van der Waals surface area contributed by atoms with Crippen LogP contribution in [0.3, 0.4) is 0 Å². The van der Waals surface area contributed by atoms with Gasteiger partial charge in [0.2, 0.25) is 0 Å². The van der Waals surface area contributed by atoms with E-state index >= 15 is 0 Å². The van der Waals surface area contributed by atoms with Crippen LogP contribution in [0.5, 0.6) is 0 Å². The molecule has 0 saturated heterocycles. The predicted molar refractivity (Wildman–Crippen MR) is 77.5 cm³/mol. The van der Waals surface area contributed by atoms with Crippen LogP contribution in [-0.4, -0.2) is 22.7 Å². The number of hydrogen-bond acceptors (Lipinski definition) is 3. The molecule has 1 heterocycles. The van der Waals surface area contributed by atoms with Gasteiger partial charge in [-0.3, -0.25) is 4.98 Å². The lowest BCUT2D eigenvalue weighted by atomic mass is 9.88. The first kappa shape index (κ1) is 13.5. The molecule has 0 aliphatic rings. The maximum absolute atomic E-state index is 9.19. The molecule has 0 aliphatic carbocycles. The van der Waals surface area contributed by atoms with E-state index in [0.717, 1.165) is 20.9 Å². The summed E-state index contributed by atoms with van der Waals surface area (Å²) in [5.74, 6) is 0.125. The summed E-state index contributed by atoms with van der Waals surface area (Å²) in [6.45, 7) is 2.10. The zero-order valence-corrected chi connectivity index (χ0v) is 11.9. The Hall–Kier alpha value is -0.970. The third kappa shape index (κ3) is 2.55. The minimum atomic E-state index is -0.0106. The number of aliphatic hydroxyl groups is 1.